The van der Waals surface area contributed by atoms with Gasteiger partial charge in [0, 0.05) is 5.56 Å². The predicted octanol–water partition coefficient (Wildman–Crippen LogP) is 3.54. The lowest BCUT2D eigenvalue weighted by atomic mass is 10.2. The molecule has 1 heterocycles. The average molecular weight is 326 g/mol. The van der Waals surface area contributed by atoms with Crippen LogP contribution in [0, 0.1) is 0 Å². The zero-order chi connectivity index (χ0) is 10.7. The molecule has 0 aliphatic carbocycles. The van der Waals surface area contributed by atoms with Gasteiger partial charge in [-0.05, 0) is 45.2 Å². The molecule has 0 unspecified atom stereocenters. The first-order chi connectivity index (χ1) is 6.61. The van der Waals surface area contributed by atoms with Crippen LogP contribution >= 0.6 is 31.9 Å². The van der Waals surface area contributed by atoms with Crippen LogP contribution in [0.5, 0.6) is 0 Å². The molecule has 0 saturated heterocycles. The monoisotopic (exact) mass is 324 g/mol. The molecule has 78 valence electrons. The molecule has 0 N–H and O–H groups in total. The number of hydrogen-bond donors (Lipinski definition) is 0. The maximum atomic E-state index is 11.4. The van der Waals surface area contributed by atoms with E-state index in [9.17, 15) is 4.79 Å². The number of furan rings is 1. The summed E-state index contributed by atoms with van der Waals surface area (Å²) in [6.45, 7) is 4.05. The van der Waals surface area contributed by atoms with Crippen LogP contribution in [0.4, 0.5) is 0 Å². The lowest BCUT2D eigenvalue weighted by Crippen LogP contribution is -2.05. The second-order valence-corrected chi connectivity index (χ2v) is 4.08. The maximum Gasteiger partial charge on any atom is 0.374 e. The smallest absolute Gasteiger partial charge is 0.374 e. The SMILES string of the molecule is CCOC(=O)c1oc(Br)c(Br)c1CC. The van der Waals surface area contributed by atoms with Crippen molar-refractivity contribution in [2.24, 2.45) is 0 Å². The molecular formula is C9H10Br2O3. The Bertz CT molecular complexity index is 344. The van der Waals surface area contributed by atoms with Crippen molar-refractivity contribution in [3.63, 3.8) is 0 Å². The Labute approximate surface area is 99.1 Å². The molecule has 0 aliphatic rings. The highest BCUT2D eigenvalue weighted by molar-refractivity contribution is 9.13. The van der Waals surface area contributed by atoms with Crippen LogP contribution in [0.2, 0.25) is 0 Å². The number of hydrogen-bond acceptors (Lipinski definition) is 3. The minimum atomic E-state index is -0.421. The van der Waals surface area contributed by atoms with Gasteiger partial charge in [-0.25, -0.2) is 4.79 Å². The fraction of sp³-hybridized carbons (Fsp3) is 0.444. The summed E-state index contributed by atoms with van der Waals surface area (Å²) in [7, 11) is 0. The Morgan fingerprint density at radius 3 is 2.57 bits per heavy atom. The van der Waals surface area contributed by atoms with Crippen LogP contribution in [-0.2, 0) is 11.2 Å². The van der Waals surface area contributed by atoms with Gasteiger partial charge in [0.25, 0.3) is 0 Å². The molecule has 0 spiro atoms. The summed E-state index contributed by atoms with van der Waals surface area (Å²) in [6.07, 6.45) is 0.712. The highest BCUT2D eigenvalue weighted by atomic mass is 79.9. The summed E-state index contributed by atoms with van der Waals surface area (Å²) in [5.74, 6) is -0.149. The molecular weight excluding hydrogens is 316 g/mol. The standard InChI is InChI=1S/C9H10Br2O3/c1-3-5-6(10)8(11)14-7(5)9(12)13-4-2/h3-4H2,1-2H3. The average Bonchev–Trinajstić information content (AvgIpc) is 2.44. The van der Waals surface area contributed by atoms with E-state index in [1.165, 1.54) is 0 Å². The van der Waals surface area contributed by atoms with E-state index in [0.29, 0.717) is 17.7 Å². The van der Waals surface area contributed by atoms with Crippen LogP contribution in [-0.4, -0.2) is 12.6 Å². The van der Waals surface area contributed by atoms with Crippen molar-refractivity contribution in [1.29, 1.82) is 0 Å². The largest absolute Gasteiger partial charge is 0.460 e. The van der Waals surface area contributed by atoms with Crippen molar-refractivity contribution in [1.82, 2.24) is 0 Å². The first-order valence-electron chi connectivity index (χ1n) is 4.25. The second kappa shape index (κ2) is 4.98. The normalized spacial score (nSPS) is 10.3. The molecule has 0 aromatic carbocycles. The Balaban J connectivity index is 3.08. The third kappa shape index (κ3) is 2.20. The van der Waals surface area contributed by atoms with E-state index in [0.717, 1.165) is 10.0 Å². The number of carbonyl (C=O) groups excluding carboxylic acids is 1. The quantitative estimate of drug-likeness (QED) is 0.798. The topological polar surface area (TPSA) is 39.4 Å². The van der Waals surface area contributed by atoms with Crippen molar-refractivity contribution in [2.75, 3.05) is 6.61 Å². The molecule has 14 heavy (non-hydrogen) atoms. The Morgan fingerprint density at radius 2 is 2.07 bits per heavy atom. The van der Waals surface area contributed by atoms with Crippen molar-refractivity contribution in [3.05, 3.63) is 20.5 Å². The van der Waals surface area contributed by atoms with Crippen molar-refractivity contribution < 1.29 is 13.9 Å². The Morgan fingerprint density at radius 1 is 1.43 bits per heavy atom. The molecule has 0 fully saturated rings. The van der Waals surface area contributed by atoms with E-state index in [4.69, 9.17) is 9.15 Å². The van der Waals surface area contributed by atoms with Crippen LogP contribution in [0.3, 0.4) is 0 Å². The summed E-state index contributed by atoms with van der Waals surface area (Å²) in [6, 6.07) is 0. The number of esters is 1. The zero-order valence-electron chi connectivity index (χ0n) is 7.89. The lowest BCUT2D eigenvalue weighted by molar-refractivity contribution is 0.0487. The van der Waals surface area contributed by atoms with Gasteiger partial charge < -0.3 is 9.15 Å². The molecule has 1 rings (SSSR count). The third-order valence-electron chi connectivity index (χ3n) is 1.72. The molecule has 0 radical (unpaired) electrons. The third-order valence-corrected chi connectivity index (χ3v) is 3.65. The van der Waals surface area contributed by atoms with Gasteiger partial charge in [0.2, 0.25) is 5.76 Å². The lowest BCUT2D eigenvalue weighted by Gasteiger charge is -1.99. The van der Waals surface area contributed by atoms with E-state index in [1.54, 1.807) is 6.92 Å². The van der Waals surface area contributed by atoms with Gasteiger partial charge in [-0.3, -0.25) is 0 Å². The van der Waals surface area contributed by atoms with Gasteiger partial charge in [-0.1, -0.05) is 6.92 Å². The number of carbonyl (C=O) groups is 1. The van der Waals surface area contributed by atoms with Gasteiger partial charge in [0.05, 0.1) is 11.1 Å². The van der Waals surface area contributed by atoms with Gasteiger partial charge in [0.1, 0.15) is 0 Å². The summed E-state index contributed by atoms with van der Waals surface area (Å²) < 4.78 is 11.4. The molecule has 0 amide bonds. The fourth-order valence-electron chi connectivity index (χ4n) is 1.09. The first kappa shape index (κ1) is 11.8. The molecule has 3 nitrogen and oxygen atoms in total. The van der Waals surface area contributed by atoms with Crippen molar-refractivity contribution in [2.45, 2.75) is 20.3 Å². The van der Waals surface area contributed by atoms with Gasteiger partial charge in [-0.15, -0.1) is 0 Å². The Hall–Kier alpha value is -0.290. The number of rotatable bonds is 3. The summed E-state index contributed by atoms with van der Waals surface area (Å²) >= 11 is 6.54. The molecule has 0 saturated carbocycles. The predicted molar refractivity (Wildman–Crippen MR) is 59.4 cm³/mol. The maximum absolute atomic E-state index is 11.4. The van der Waals surface area contributed by atoms with E-state index < -0.39 is 5.97 Å². The van der Waals surface area contributed by atoms with E-state index in [1.807, 2.05) is 6.92 Å². The summed E-state index contributed by atoms with van der Waals surface area (Å²) in [5.41, 5.74) is 0.829. The van der Waals surface area contributed by atoms with Crippen molar-refractivity contribution in [3.8, 4) is 0 Å². The van der Waals surface area contributed by atoms with Crippen molar-refractivity contribution >= 4 is 37.8 Å². The highest BCUT2D eigenvalue weighted by Gasteiger charge is 2.22. The molecule has 0 atom stereocenters. The first-order valence-corrected chi connectivity index (χ1v) is 5.84. The fourth-order valence-corrected chi connectivity index (χ4v) is 2.03. The summed E-state index contributed by atoms with van der Waals surface area (Å²) in [5, 5.41) is 0. The van der Waals surface area contributed by atoms with Crippen LogP contribution in [0.25, 0.3) is 0 Å². The zero-order valence-corrected chi connectivity index (χ0v) is 11.1. The minimum Gasteiger partial charge on any atom is -0.460 e. The Kier molecular flexibility index (Phi) is 4.19. The van der Waals surface area contributed by atoms with E-state index in [2.05, 4.69) is 31.9 Å². The number of ether oxygens (including phenoxy) is 1. The van der Waals surface area contributed by atoms with Crippen LogP contribution in [0.1, 0.15) is 30.0 Å². The molecule has 0 bridgehead atoms. The van der Waals surface area contributed by atoms with Gasteiger partial charge in [0.15, 0.2) is 4.67 Å². The second-order valence-electron chi connectivity index (χ2n) is 2.57. The van der Waals surface area contributed by atoms with Crippen LogP contribution in [0.15, 0.2) is 13.6 Å². The van der Waals surface area contributed by atoms with E-state index in [-0.39, 0.29) is 5.76 Å². The molecule has 1 aromatic heterocycles. The summed E-state index contributed by atoms with van der Waals surface area (Å²) in [4.78, 5) is 11.4. The van der Waals surface area contributed by atoms with Gasteiger partial charge in [-0.2, -0.15) is 0 Å². The highest BCUT2D eigenvalue weighted by Crippen LogP contribution is 2.33. The van der Waals surface area contributed by atoms with Gasteiger partial charge >= 0.3 is 5.97 Å². The minimum absolute atomic E-state index is 0.271. The number of halogens is 2. The van der Waals surface area contributed by atoms with Crippen LogP contribution < -0.4 is 0 Å². The van der Waals surface area contributed by atoms with E-state index >= 15 is 0 Å². The molecule has 5 heteroatoms. The molecule has 0 aliphatic heterocycles. The molecule has 1 aromatic rings.